The van der Waals surface area contributed by atoms with Crippen molar-refractivity contribution in [3.05, 3.63) is 47.6 Å². The van der Waals surface area contributed by atoms with Gasteiger partial charge >= 0.3 is 0 Å². The van der Waals surface area contributed by atoms with Gasteiger partial charge < -0.3 is 5.21 Å². The normalized spacial score (nSPS) is 10.4. The molecule has 72 valence electrons. The first kappa shape index (κ1) is 8.81. The third-order valence-electron chi connectivity index (χ3n) is 2.42. The van der Waals surface area contributed by atoms with Crippen LogP contribution in [0, 0.1) is 12.1 Å². The second-order valence-electron chi connectivity index (χ2n) is 3.35. The van der Waals surface area contributed by atoms with Crippen molar-refractivity contribution >= 4 is 0 Å². The Hall–Kier alpha value is -1.77. The smallest absolute Gasteiger partial charge is 0.247 e. The summed E-state index contributed by atoms with van der Waals surface area (Å²) >= 11 is 0. The van der Waals surface area contributed by atoms with Crippen molar-refractivity contribution in [1.29, 1.82) is 0 Å². The largest absolute Gasteiger partial charge is 0.710 e. The first-order valence-electron chi connectivity index (χ1n) is 4.50. The van der Waals surface area contributed by atoms with Crippen LogP contribution >= 0.6 is 0 Å². The van der Waals surface area contributed by atoms with Gasteiger partial charge in [0.15, 0.2) is 5.69 Å². The standard InChI is InChI=1S/C11H12N2O/c1-9-11(13(14)8-12(9)2)10-6-4-3-5-7-10/h3-8H,1-2H3. The van der Waals surface area contributed by atoms with E-state index in [1.807, 2.05) is 48.9 Å². The van der Waals surface area contributed by atoms with Crippen molar-refractivity contribution in [2.24, 2.45) is 7.05 Å². The molecule has 3 nitrogen and oxygen atoms in total. The predicted molar refractivity (Wildman–Crippen MR) is 54.5 cm³/mol. The number of aromatic nitrogens is 2. The molecule has 0 aliphatic rings. The first-order chi connectivity index (χ1) is 6.70. The fraction of sp³-hybridized carbons (Fsp3) is 0.182. The summed E-state index contributed by atoms with van der Waals surface area (Å²) in [6, 6.07) is 9.69. The Kier molecular flexibility index (Phi) is 2.00. The molecule has 0 aliphatic carbocycles. The van der Waals surface area contributed by atoms with Crippen LogP contribution in [0.5, 0.6) is 0 Å². The number of hydrogen-bond acceptors (Lipinski definition) is 1. The van der Waals surface area contributed by atoms with Gasteiger partial charge in [-0.05, 0) is 0 Å². The van der Waals surface area contributed by atoms with Gasteiger partial charge in [0.25, 0.3) is 0 Å². The molecular weight excluding hydrogens is 176 g/mol. The average Bonchev–Trinajstić information content (AvgIpc) is 2.43. The molecule has 3 heteroatoms. The monoisotopic (exact) mass is 188 g/mol. The molecule has 0 bridgehead atoms. The average molecular weight is 188 g/mol. The molecule has 0 amide bonds. The zero-order valence-electron chi connectivity index (χ0n) is 8.27. The van der Waals surface area contributed by atoms with Crippen LogP contribution < -0.4 is 4.73 Å². The molecule has 0 spiro atoms. The van der Waals surface area contributed by atoms with E-state index in [0.717, 1.165) is 21.7 Å². The highest BCUT2D eigenvalue weighted by Crippen LogP contribution is 2.18. The molecule has 0 saturated carbocycles. The van der Waals surface area contributed by atoms with E-state index in [9.17, 15) is 5.21 Å². The second kappa shape index (κ2) is 3.18. The number of benzene rings is 1. The maximum Gasteiger partial charge on any atom is 0.247 e. The van der Waals surface area contributed by atoms with Gasteiger partial charge in [0.2, 0.25) is 6.33 Å². The molecule has 0 aliphatic heterocycles. The zero-order chi connectivity index (χ0) is 10.1. The molecule has 14 heavy (non-hydrogen) atoms. The molecule has 0 atom stereocenters. The van der Waals surface area contributed by atoms with Crippen LogP contribution in [0.4, 0.5) is 0 Å². The zero-order valence-corrected chi connectivity index (χ0v) is 8.27. The number of aryl methyl sites for hydroxylation is 1. The van der Waals surface area contributed by atoms with Gasteiger partial charge in [0.1, 0.15) is 5.69 Å². The Morgan fingerprint density at radius 3 is 2.36 bits per heavy atom. The van der Waals surface area contributed by atoms with Gasteiger partial charge in [0.05, 0.1) is 7.05 Å². The van der Waals surface area contributed by atoms with E-state index in [2.05, 4.69) is 0 Å². The Bertz CT molecular complexity index is 446. The van der Waals surface area contributed by atoms with Gasteiger partial charge in [-0.25, -0.2) is 9.30 Å². The van der Waals surface area contributed by atoms with Gasteiger partial charge in [0, 0.05) is 12.5 Å². The van der Waals surface area contributed by atoms with E-state index in [-0.39, 0.29) is 0 Å². The number of imidazole rings is 1. The van der Waals surface area contributed by atoms with Crippen LogP contribution in [-0.4, -0.2) is 4.57 Å². The summed E-state index contributed by atoms with van der Waals surface area (Å²) in [5.74, 6) is 0. The highest BCUT2D eigenvalue weighted by Gasteiger charge is 2.14. The van der Waals surface area contributed by atoms with E-state index in [4.69, 9.17) is 0 Å². The minimum atomic E-state index is 0.730. The molecule has 0 unspecified atom stereocenters. The summed E-state index contributed by atoms with van der Waals surface area (Å²) in [5.41, 5.74) is 2.67. The van der Waals surface area contributed by atoms with E-state index in [1.54, 1.807) is 0 Å². The lowest BCUT2D eigenvalue weighted by Gasteiger charge is -2.02. The predicted octanol–water partition coefficient (Wildman–Crippen LogP) is 1.63. The summed E-state index contributed by atoms with van der Waals surface area (Å²) in [4.78, 5) is 0. The number of rotatable bonds is 1. The van der Waals surface area contributed by atoms with Crippen LogP contribution in [0.3, 0.4) is 0 Å². The Labute approximate surface area is 82.8 Å². The summed E-state index contributed by atoms with van der Waals surface area (Å²) in [7, 11) is 1.87. The summed E-state index contributed by atoms with van der Waals surface area (Å²) in [6.07, 6.45) is 1.54. The Morgan fingerprint density at radius 2 is 1.86 bits per heavy atom. The molecule has 0 fully saturated rings. The first-order valence-corrected chi connectivity index (χ1v) is 4.50. The molecule has 2 rings (SSSR count). The fourth-order valence-electron chi connectivity index (χ4n) is 1.56. The molecular formula is C11H12N2O. The lowest BCUT2D eigenvalue weighted by Crippen LogP contribution is -2.25. The third kappa shape index (κ3) is 1.27. The minimum Gasteiger partial charge on any atom is -0.710 e. The van der Waals surface area contributed by atoms with E-state index in [0.29, 0.717) is 0 Å². The maximum atomic E-state index is 11.6. The molecule has 1 aromatic heterocycles. The van der Waals surface area contributed by atoms with Crippen molar-refractivity contribution in [2.75, 3.05) is 0 Å². The molecule has 1 aromatic carbocycles. The molecule has 1 heterocycles. The SMILES string of the molecule is Cc1c(-c2ccccc2)[n+]([O-])cn1C. The van der Waals surface area contributed by atoms with E-state index < -0.39 is 0 Å². The summed E-state index contributed by atoms with van der Waals surface area (Å²) < 4.78 is 2.74. The molecule has 0 radical (unpaired) electrons. The van der Waals surface area contributed by atoms with Crippen molar-refractivity contribution in [3.63, 3.8) is 0 Å². The highest BCUT2D eigenvalue weighted by atomic mass is 16.5. The minimum absolute atomic E-state index is 0.730. The van der Waals surface area contributed by atoms with Crippen molar-refractivity contribution in [3.8, 4) is 11.3 Å². The van der Waals surface area contributed by atoms with Gasteiger partial charge in [-0.3, -0.25) is 0 Å². The summed E-state index contributed by atoms with van der Waals surface area (Å²) in [6.45, 7) is 1.94. The van der Waals surface area contributed by atoms with Gasteiger partial charge in [-0.15, -0.1) is 0 Å². The fourth-order valence-corrected chi connectivity index (χ4v) is 1.56. The highest BCUT2D eigenvalue weighted by molar-refractivity contribution is 5.58. The maximum absolute atomic E-state index is 11.6. The molecule has 2 aromatic rings. The Balaban J connectivity index is 2.62. The molecule has 0 saturated heterocycles. The topological polar surface area (TPSA) is 31.9 Å². The van der Waals surface area contributed by atoms with Crippen LogP contribution in [-0.2, 0) is 7.05 Å². The van der Waals surface area contributed by atoms with Crippen molar-refractivity contribution in [1.82, 2.24) is 4.57 Å². The molecule has 0 N–H and O–H groups in total. The van der Waals surface area contributed by atoms with E-state index in [1.165, 1.54) is 6.33 Å². The quantitative estimate of drug-likeness (QED) is 0.494. The number of nitrogens with zero attached hydrogens (tertiary/aromatic N) is 2. The van der Waals surface area contributed by atoms with Crippen LogP contribution in [0.2, 0.25) is 0 Å². The van der Waals surface area contributed by atoms with Gasteiger partial charge in [-0.2, -0.15) is 0 Å². The van der Waals surface area contributed by atoms with E-state index >= 15 is 0 Å². The van der Waals surface area contributed by atoms with Gasteiger partial charge in [-0.1, -0.05) is 30.3 Å². The lowest BCUT2D eigenvalue weighted by molar-refractivity contribution is -0.593. The third-order valence-corrected chi connectivity index (χ3v) is 2.42. The number of hydrogen-bond donors (Lipinski definition) is 0. The van der Waals surface area contributed by atoms with Crippen LogP contribution in [0.15, 0.2) is 36.7 Å². The van der Waals surface area contributed by atoms with Crippen molar-refractivity contribution < 1.29 is 4.73 Å². The summed E-state index contributed by atoms with van der Waals surface area (Å²) in [5, 5.41) is 11.6. The van der Waals surface area contributed by atoms with Crippen molar-refractivity contribution in [2.45, 2.75) is 6.92 Å². The van der Waals surface area contributed by atoms with Crippen LogP contribution in [0.1, 0.15) is 5.69 Å². The lowest BCUT2D eigenvalue weighted by atomic mass is 10.1. The van der Waals surface area contributed by atoms with Crippen LogP contribution in [0.25, 0.3) is 11.3 Å². The second-order valence-corrected chi connectivity index (χ2v) is 3.35. The Morgan fingerprint density at radius 1 is 1.21 bits per heavy atom.